The minimum atomic E-state index is -0.294. The summed E-state index contributed by atoms with van der Waals surface area (Å²) in [6.45, 7) is 33.1. The number of hydrogen-bond donors (Lipinski definition) is 0. The summed E-state index contributed by atoms with van der Waals surface area (Å²) in [7, 11) is -0.143. The van der Waals surface area contributed by atoms with Crippen molar-refractivity contribution in [3.63, 3.8) is 0 Å². The maximum absolute atomic E-state index is 9.58. The van der Waals surface area contributed by atoms with Crippen molar-refractivity contribution < 1.29 is 9.31 Å². The predicted molar refractivity (Wildman–Crippen MR) is 238 cm³/mol. The van der Waals surface area contributed by atoms with Crippen LogP contribution in [0.2, 0.25) is 6.32 Å². The van der Waals surface area contributed by atoms with Crippen molar-refractivity contribution in [3.05, 3.63) is 128 Å². The van der Waals surface area contributed by atoms with E-state index in [4.69, 9.17) is 22.5 Å². The molecule has 3 aliphatic rings. The zero-order valence-corrected chi connectivity index (χ0v) is 35.6. The number of hydrogen-bond acceptors (Lipinski definition) is 4. The number of fused-ring (bicyclic) bond motifs is 3. The van der Waals surface area contributed by atoms with Crippen LogP contribution in [-0.4, -0.2) is 22.9 Å². The first kappa shape index (κ1) is 42.2. The van der Waals surface area contributed by atoms with Gasteiger partial charge in [-0.3, -0.25) is 0 Å². The first-order valence-electron chi connectivity index (χ1n) is 20.7. The van der Waals surface area contributed by atoms with Crippen molar-refractivity contribution in [1.29, 1.82) is 10.5 Å². The van der Waals surface area contributed by atoms with Gasteiger partial charge in [-0.05, 0) is 135 Å². The number of nitrogens with zero attached hydrogens (tertiary/aromatic N) is 5. The highest BCUT2D eigenvalue weighted by Crippen LogP contribution is 2.42. The molecule has 0 amide bonds. The molecule has 0 bridgehead atoms. The van der Waals surface area contributed by atoms with Gasteiger partial charge in [0.2, 0.25) is 0 Å². The fraction of sp³-hybridized carbons (Fsp3) is 0.440. The molecule has 1 saturated heterocycles. The molecule has 2 aromatic carbocycles. The van der Waals surface area contributed by atoms with E-state index < -0.39 is 0 Å². The van der Waals surface area contributed by atoms with Gasteiger partial charge in [0, 0.05) is 28.4 Å². The molecule has 8 heteroatoms. The number of rotatable bonds is 11. The summed E-state index contributed by atoms with van der Waals surface area (Å²) in [6.07, 6.45) is 21.1. The van der Waals surface area contributed by atoms with Crippen LogP contribution in [0.15, 0.2) is 94.4 Å². The quantitative estimate of drug-likeness (QED) is 0.0842. The minimum absolute atomic E-state index is 0.0417. The van der Waals surface area contributed by atoms with Crippen LogP contribution in [0.5, 0.6) is 0 Å². The van der Waals surface area contributed by atoms with Crippen molar-refractivity contribution in [2.24, 2.45) is 10.8 Å². The molecule has 0 spiro atoms. The van der Waals surface area contributed by atoms with Gasteiger partial charge < -0.3 is 13.9 Å². The van der Waals surface area contributed by atoms with Crippen LogP contribution >= 0.6 is 0 Å². The SMILES string of the molecule is [C-]#[N+]C(C#N)=C1C=C(C=Cc2ccc3c(c2)c2cc(C=CC4=CC(=C(C#N)[N+]#[C-])CC(C)(C)C4)ccc2n3CCCCCCB2OC(C)(C)C(C)(C)O2)CC(C)(C)C1. The highest BCUT2D eigenvalue weighted by molar-refractivity contribution is 6.45. The topological polar surface area (TPSA) is 79.7 Å². The van der Waals surface area contributed by atoms with Crippen LogP contribution in [0.1, 0.15) is 118 Å². The summed E-state index contributed by atoms with van der Waals surface area (Å²) in [5, 5.41) is 21.6. The molecule has 1 aliphatic heterocycles. The van der Waals surface area contributed by atoms with Gasteiger partial charge in [0.05, 0.1) is 36.5 Å². The smallest absolute Gasteiger partial charge is 0.403 e. The summed E-state index contributed by atoms with van der Waals surface area (Å²) in [4.78, 5) is 7.00. The third kappa shape index (κ3) is 9.49. The molecule has 0 unspecified atom stereocenters. The second-order valence-corrected chi connectivity index (χ2v) is 18.9. The largest absolute Gasteiger partial charge is 0.457 e. The molecule has 7 nitrogen and oxygen atoms in total. The van der Waals surface area contributed by atoms with Gasteiger partial charge in [0.1, 0.15) is 0 Å². The van der Waals surface area contributed by atoms with Crippen LogP contribution in [0, 0.1) is 46.6 Å². The van der Waals surface area contributed by atoms with E-state index in [0.29, 0.717) is 12.8 Å². The van der Waals surface area contributed by atoms with Crippen molar-refractivity contribution >= 4 is 41.1 Å². The van der Waals surface area contributed by atoms with Gasteiger partial charge in [0.25, 0.3) is 11.4 Å². The van der Waals surface area contributed by atoms with Gasteiger partial charge in [0.15, 0.2) is 0 Å². The highest BCUT2D eigenvalue weighted by Gasteiger charge is 2.50. The second-order valence-electron chi connectivity index (χ2n) is 18.9. The van der Waals surface area contributed by atoms with Crippen molar-refractivity contribution in [1.82, 2.24) is 4.57 Å². The molecule has 296 valence electrons. The second kappa shape index (κ2) is 16.8. The summed E-state index contributed by atoms with van der Waals surface area (Å²) in [5.41, 5.74) is 8.16. The number of benzene rings is 2. The Labute approximate surface area is 346 Å². The Morgan fingerprint density at radius 3 is 1.55 bits per heavy atom. The monoisotopic (exact) mass is 769 g/mol. The molecule has 0 atom stereocenters. The predicted octanol–water partition coefficient (Wildman–Crippen LogP) is 13.4. The normalized spacial score (nSPS) is 21.3. The molecule has 6 rings (SSSR count). The molecule has 0 radical (unpaired) electrons. The van der Waals surface area contributed by atoms with E-state index in [-0.39, 0.29) is 40.5 Å². The molecule has 3 aromatic rings. The fourth-order valence-electron chi connectivity index (χ4n) is 8.78. The minimum Gasteiger partial charge on any atom is -0.403 e. The highest BCUT2D eigenvalue weighted by atomic mass is 16.7. The average Bonchev–Trinajstić information content (AvgIpc) is 3.57. The van der Waals surface area contributed by atoms with Gasteiger partial charge in [-0.15, -0.1) is 0 Å². The number of allylic oxidation sites excluding steroid dienone is 10. The van der Waals surface area contributed by atoms with Crippen molar-refractivity contribution in [2.75, 3.05) is 0 Å². The zero-order chi connectivity index (χ0) is 41.9. The summed E-state index contributed by atoms with van der Waals surface area (Å²) >= 11 is 0. The van der Waals surface area contributed by atoms with Crippen molar-refractivity contribution in [3.8, 4) is 12.1 Å². The molecule has 0 saturated carbocycles. The Hall–Kier alpha value is -5.38. The van der Waals surface area contributed by atoms with E-state index in [1.807, 2.05) is 12.2 Å². The van der Waals surface area contributed by atoms with Gasteiger partial charge >= 0.3 is 7.12 Å². The van der Waals surface area contributed by atoms with Crippen molar-refractivity contribution in [2.45, 2.75) is 131 Å². The van der Waals surface area contributed by atoms with E-state index in [1.54, 1.807) is 0 Å². The summed E-state index contributed by atoms with van der Waals surface area (Å²) in [6, 6.07) is 17.6. The van der Waals surface area contributed by atoms with Crippen LogP contribution in [0.25, 0.3) is 43.6 Å². The molecule has 0 N–H and O–H groups in total. The molecule has 1 fully saturated rings. The Kier molecular flexibility index (Phi) is 12.3. The van der Waals surface area contributed by atoms with Crippen LogP contribution in [-0.2, 0) is 15.9 Å². The maximum Gasteiger partial charge on any atom is 0.457 e. The lowest BCUT2D eigenvalue weighted by atomic mass is 9.74. The van der Waals surface area contributed by atoms with Gasteiger partial charge in [-0.25, -0.2) is 20.2 Å². The van der Waals surface area contributed by atoms with Gasteiger partial charge in [-0.1, -0.05) is 95.5 Å². The van der Waals surface area contributed by atoms with Crippen LogP contribution in [0.3, 0.4) is 0 Å². The molecular formula is C50H56BN5O2. The first-order valence-corrected chi connectivity index (χ1v) is 20.7. The average molecular weight is 770 g/mol. The lowest BCUT2D eigenvalue weighted by Crippen LogP contribution is -2.41. The number of aryl methyl sites for hydroxylation is 1. The lowest BCUT2D eigenvalue weighted by Gasteiger charge is -2.32. The van der Waals surface area contributed by atoms with E-state index in [2.05, 4.69) is 142 Å². The summed E-state index contributed by atoms with van der Waals surface area (Å²) < 4.78 is 14.9. The molecule has 2 heterocycles. The molecule has 1 aromatic heterocycles. The lowest BCUT2D eigenvalue weighted by molar-refractivity contribution is 0.00578. The standard InChI is InChI=1S/C50H56BN5O2/c1-47(2)29-37(25-39(31-47)43(33-52)54-9)17-15-35-19-21-45-41(27-35)42-28-36(16-18-38-26-40(44(34-53)55-10)32-48(3,4)30-38)20-22-46(42)56(45)24-14-12-11-13-23-51-57-49(5,6)50(7,8)58-51/h15-22,25-28H,11-14,23-24,29-32H2,1-8H3. The Morgan fingerprint density at radius 1 is 0.672 bits per heavy atom. The maximum atomic E-state index is 9.58. The summed E-state index contributed by atoms with van der Waals surface area (Å²) in [5.74, 6) is 0. The van der Waals surface area contributed by atoms with E-state index >= 15 is 0 Å². The third-order valence-electron chi connectivity index (χ3n) is 12.2. The van der Waals surface area contributed by atoms with Crippen LogP contribution < -0.4 is 0 Å². The Bertz CT molecular complexity index is 2280. The third-order valence-corrected chi connectivity index (χ3v) is 12.2. The molecule has 2 aliphatic carbocycles. The molecule has 58 heavy (non-hydrogen) atoms. The van der Waals surface area contributed by atoms with Gasteiger partial charge in [-0.2, -0.15) is 0 Å². The van der Waals surface area contributed by atoms with E-state index in [9.17, 15) is 10.5 Å². The molecular weight excluding hydrogens is 713 g/mol. The van der Waals surface area contributed by atoms with Crippen LogP contribution in [0.4, 0.5) is 0 Å². The Morgan fingerprint density at radius 2 is 1.12 bits per heavy atom. The van der Waals surface area contributed by atoms with E-state index in [0.717, 1.165) is 84.8 Å². The number of aromatic nitrogens is 1. The fourth-order valence-corrected chi connectivity index (χ4v) is 8.78. The Balaban J connectivity index is 1.28. The van der Waals surface area contributed by atoms with E-state index in [1.165, 1.54) is 21.8 Å². The zero-order valence-electron chi connectivity index (χ0n) is 35.6. The number of unbranched alkanes of at least 4 members (excludes halogenated alkanes) is 3. The number of nitriles is 2. The first-order chi connectivity index (χ1) is 27.5.